The first-order valence-corrected chi connectivity index (χ1v) is 11.2. The van der Waals surface area contributed by atoms with Crippen molar-refractivity contribution < 1.29 is 9.53 Å². The van der Waals surface area contributed by atoms with Crippen LogP contribution in [0.4, 0.5) is 0 Å². The smallest absolute Gasteiger partial charge is 0.332 e. The Bertz CT molecular complexity index is 1370. The second kappa shape index (κ2) is 9.46. The van der Waals surface area contributed by atoms with Crippen molar-refractivity contribution >= 4 is 27.3 Å². The number of hydrogen-bond donors (Lipinski definition) is 0. The topological polar surface area (TPSA) is 70.3 Å². The molecular formula is C25H24N2O4S. The number of ketones is 1. The molecule has 164 valence electrons. The van der Waals surface area contributed by atoms with E-state index in [-0.39, 0.29) is 23.6 Å². The molecule has 2 aromatic carbocycles. The number of carbonyl (C=O) groups is 1. The number of aryl methyl sites for hydroxylation is 2. The van der Waals surface area contributed by atoms with Crippen LogP contribution in [0.5, 0.6) is 0 Å². The minimum atomic E-state index is -0.379. The average Bonchev–Trinajstić information content (AvgIpc) is 3.16. The van der Waals surface area contributed by atoms with E-state index in [2.05, 4.69) is 0 Å². The molecule has 32 heavy (non-hydrogen) atoms. The summed E-state index contributed by atoms with van der Waals surface area (Å²) in [5.74, 6) is -0.148. The van der Waals surface area contributed by atoms with Gasteiger partial charge < -0.3 is 4.74 Å². The fourth-order valence-electron chi connectivity index (χ4n) is 3.79. The standard InChI is InChI=1S/C25H24N2O4S/c1-17-20-23(29)26(14-13-18-9-5-3-6-10-18)25(30)27(15-16-31-2)24(20)32-22(17)21(28)19-11-7-4-8-12-19/h3-12H,13-16H2,1-2H3. The normalized spacial score (nSPS) is 11.2. The Labute approximate surface area is 189 Å². The number of methoxy groups -OCH3 is 1. The molecule has 0 aliphatic rings. The van der Waals surface area contributed by atoms with E-state index in [9.17, 15) is 14.4 Å². The van der Waals surface area contributed by atoms with Gasteiger partial charge in [-0.05, 0) is 24.5 Å². The predicted octanol–water partition coefficient (Wildman–Crippen LogP) is 3.65. The molecule has 0 saturated heterocycles. The molecule has 0 spiro atoms. The largest absolute Gasteiger partial charge is 0.383 e. The Morgan fingerprint density at radius 1 is 0.938 bits per heavy atom. The van der Waals surface area contributed by atoms with Crippen LogP contribution in [0.3, 0.4) is 0 Å². The zero-order valence-electron chi connectivity index (χ0n) is 18.0. The lowest BCUT2D eigenvalue weighted by atomic mass is 10.1. The van der Waals surface area contributed by atoms with Gasteiger partial charge in [0.1, 0.15) is 4.83 Å². The molecule has 0 unspecified atom stereocenters. The quantitative estimate of drug-likeness (QED) is 0.386. The molecule has 6 nitrogen and oxygen atoms in total. The molecular weight excluding hydrogens is 424 g/mol. The summed E-state index contributed by atoms with van der Waals surface area (Å²) in [5.41, 5.74) is 1.48. The summed E-state index contributed by atoms with van der Waals surface area (Å²) in [7, 11) is 1.57. The summed E-state index contributed by atoms with van der Waals surface area (Å²) in [4.78, 5) is 40.8. The first-order valence-electron chi connectivity index (χ1n) is 10.4. The number of hydrogen-bond acceptors (Lipinski definition) is 5. The lowest BCUT2D eigenvalue weighted by Crippen LogP contribution is -2.40. The fraction of sp³-hybridized carbons (Fsp3) is 0.240. The van der Waals surface area contributed by atoms with Gasteiger partial charge in [-0.1, -0.05) is 60.7 Å². The number of carbonyl (C=O) groups excluding carboxylic acids is 1. The van der Waals surface area contributed by atoms with Crippen molar-refractivity contribution in [2.75, 3.05) is 13.7 Å². The van der Waals surface area contributed by atoms with E-state index in [1.54, 1.807) is 42.9 Å². The number of nitrogens with zero attached hydrogens (tertiary/aromatic N) is 2. The van der Waals surface area contributed by atoms with E-state index in [0.717, 1.165) is 5.56 Å². The Kier molecular flexibility index (Phi) is 6.48. The van der Waals surface area contributed by atoms with E-state index < -0.39 is 0 Å². The number of rotatable bonds is 8. The summed E-state index contributed by atoms with van der Waals surface area (Å²) in [6.07, 6.45) is 0.560. The SMILES string of the molecule is COCCn1c(=O)n(CCc2ccccc2)c(=O)c2c(C)c(C(=O)c3ccccc3)sc21. The highest BCUT2D eigenvalue weighted by Crippen LogP contribution is 2.30. The van der Waals surface area contributed by atoms with Crippen LogP contribution in [0.25, 0.3) is 10.2 Å². The van der Waals surface area contributed by atoms with E-state index in [0.29, 0.717) is 45.8 Å². The third-order valence-corrected chi connectivity index (χ3v) is 6.84. The van der Waals surface area contributed by atoms with E-state index >= 15 is 0 Å². The Hall–Kier alpha value is -3.29. The van der Waals surface area contributed by atoms with Gasteiger partial charge in [-0.15, -0.1) is 11.3 Å². The third kappa shape index (κ3) is 4.09. The first-order chi connectivity index (χ1) is 15.5. The molecule has 0 N–H and O–H groups in total. The van der Waals surface area contributed by atoms with Gasteiger partial charge in [0.15, 0.2) is 0 Å². The molecule has 0 bridgehead atoms. The molecule has 4 rings (SSSR count). The van der Waals surface area contributed by atoms with Crippen LogP contribution in [-0.4, -0.2) is 28.6 Å². The minimum absolute atomic E-state index is 0.148. The molecule has 0 aliphatic heterocycles. The van der Waals surface area contributed by atoms with Crippen LogP contribution >= 0.6 is 11.3 Å². The molecule has 4 aromatic rings. The fourth-order valence-corrected chi connectivity index (χ4v) is 5.08. The molecule has 2 heterocycles. The van der Waals surface area contributed by atoms with Crippen LogP contribution in [0.15, 0.2) is 70.3 Å². The van der Waals surface area contributed by atoms with Crippen molar-refractivity contribution in [1.29, 1.82) is 0 Å². The van der Waals surface area contributed by atoms with Crippen molar-refractivity contribution in [3.8, 4) is 0 Å². The average molecular weight is 449 g/mol. The number of thiophene rings is 1. The van der Waals surface area contributed by atoms with Crippen molar-refractivity contribution in [1.82, 2.24) is 9.13 Å². The number of aromatic nitrogens is 2. The van der Waals surface area contributed by atoms with Gasteiger partial charge >= 0.3 is 5.69 Å². The highest BCUT2D eigenvalue weighted by atomic mass is 32.1. The zero-order chi connectivity index (χ0) is 22.7. The maximum Gasteiger partial charge on any atom is 0.332 e. The maximum atomic E-state index is 13.4. The monoisotopic (exact) mass is 448 g/mol. The highest BCUT2D eigenvalue weighted by Gasteiger charge is 2.23. The first kappa shape index (κ1) is 21.9. The second-order valence-electron chi connectivity index (χ2n) is 7.55. The van der Waals surface area contributed by atoms with Crippen LogP contribution < -0.4 is 11.2 Å². The number of ether oxygens (including phenoxy) is 1. The van der Waals surface area contributed by atoms with Crippen LogP contribution in [0.1, 0.15) is 26.4 Å². The van der Waals surface area contributed by atoms with E-state index in [1.165, 1.54) is 15.9 Å². The van der Waals surface area contributed by atoms with Crippen LogP contribution in [0, 0.1) is 6.92 Å². The molecule has 0 amide bonds. The van der Waals surface area contributed by atoms with Gasteiger partial charge in [0, 0.05) is 19.2 Å². The molecule has 0 aliphatic carbocycles. The number of fused-ring (bicyclic) bond motifs is 1. The van der Waals surface area contributed by atoms with Gasteiger partial charge in [0.25, 0.3) is 5.56 Å². The Balaban J connectivity index is 1.86. The lowest BCUT2D eigenvalue weighted by molar-refractivity contribution is 0.104. The third-order valence-electron chi connectivity index (χ3n) is 5.52. The molecule has 0 fully saturated rings. The van der Waals surface area contributed by atoms with E-state index in [1.807, 2.05) is 36.4 Å². The Morgan fingerprint density at radius 2 is 1.59 bits per heavy atom. The summed E-state index contributed by atoms with van der Waals surface area (Å²) in [5, 5.41) is 0.429. The van der Waals surface area contributed by atoms with Gasteiger partial charge in [0.05, 0.1) is 23.4 Å². The van der Waals surface area contributed by atoms with Gasteiger partial charge in [-0.3, -0.25) is 18.7 Å². The van der Waals surface area contributed by atoms with Crippen molar-refractivity contribution in [3.63, 3.8) is 0 Å². The van der Waals surface area contributed by atoms with Crippen molar-refractivity contribution in [3.05, 3.63) is 103 Å². The van der Waals surface area contributed by atoms with Gasteiger partial charge in [-0.2, -0.15) is 0 Å². The maximum absolute atomic E-state index is 13.4. The molecule has 2 aromatic heterocycles. The summed E-state index contributed by atoms with van der Waals surface area (Å²) in [6.45, 7) is 2.67. The van der Waals surface area contributed by atoms with Crippen molar-refractivity contribution in [2.24, 2.45) is 0 Å². The second-order valence-corrected chi connectivity index (χ2v) is 8.55. The van der Waals surface area contributed by atoms with Gasteiger partial charge in [0.2, 0.25) is 5.78 Å². The number of benzene rings is 2. The summed E-state index contributed by atoms with van der Waals surface area (Å²) >= 11 is 1.20. The lowest BCUT2D eigenvalue weighted by Gasteiger charge is -2.12. The predicted molar refractivity (Wildman–Crippen MR) is 127 cm³/mol. The Morgan fingerprint density at radius 3 is 2.25 bits per heavy atom. The van der Waals surface area contributed by atoms with E-state index in [4.69, 9.17) is 4.74 Å². The molecule has 0 radical (unpaired) electrons. The van der Waals surface area contributed by atoms with Crippen LogP contribution in [0.2, 0.25) is 0 Å². The minimum Gasteiger partial charge on any atom is -0.383 e. The zero-order valence-corrected chi connectivity index (χ0v) is 18.9. The van der Waals surface area contributed by atoms with Crippen molar-refractivity contribution in [2.45, 2.75) is 26.4 Å². The molecule has 7 heteroatoms. The molecule has 0 saturated carbocycles. The summed E-state index contributed by atoms with van der Waals surface area (Å²) in [6, 6.07) is 18.7. The highest BCUT2D eigenvalue weighted by molar-refractivity contribution is 7.20. The summed E-state index contributed by atoms with van der Waals surface area (Å²) < 4.78 is 8.03. The van der Waals surface area contributed by atoms with Gasteiger partial charge in [-0.25, -0.2) is 4.79 Å². The molecule has 0 atom stereocenters. The van der Waals surface area contributed by atoms with Crippen LogP contribution in [-0.2, 0) is 24.2 Å².